The number of nitrogens with zero attached hydrogens (tertiary/aromatic N) is 1. The molecule has 1 amide bonds. The van der Waals surface area contributed by atoms with E-state index >= 15 is 0 Å². The number of primary amides is 1. The normalized spacial score (nSPS) is 11.3. The van der Waals surface area contributed by atoms with Crippen LogP contribution in [0, 0.1) is 5.82 Å². The van der Waals surface area contributed by atoms with Gasteiger partial charge in [-0.2, -0.15) is 0 Å². The van der Waals surface area contributed by atoms with E-state index in [0.29, 0.717) is 0 Å². The van der Waals surface area contributed by atoms with Crippen molar-refractivity contribution in [2.45, 2.75) is 4.90 Å². The fraction of sp³-hybridized carbons (Fsp3) is 0.0714. The number of anilines is 1. The molecule has 0 radical (unpaired) electrons. The molecular weight excluding hydrogens is 366 g/mol. The van der Waals surface area contributed by atoms with E-state index in [0.717, 1.165) is 28.6 Å². The minimum atomic E-state index is -4.18. The standard InChI is InChI=1S/C14H11Cl2FN2O3S/c15-11-2-1-3-12(14(11)16)19(8-13(18)20)23(21,22)10-6-4-9(17)5-7-10/h1-7H,8H2,(H2,18,20). The fourth-order valence-electron chi connectivity index (χ4n) is 1.86. The second-order valence-electron chi connectivity index (χ2n) is 4.50. The Morgan fingerprint density at radius 3 is 2.30 bits per heavy atom. The molecule has 0 bridgehead atoms. The van der Waals surface area contributed by atoms with E-state index in [1.165, 1.54) is 18.2 Å². The molecule has 2 N–H and O–H groups in total. The summed E-state index contributed by atoms with van der Waals surface area (Å²) in [7, 11) is -4.18. The topological polar surface area (TPSA) is 80.5 Å². The number of carbonyl (C=O) groups excluding carboxylic acids is 1. The van der Waals surface area contributed by atoms with Gasteiger partial charge in [-0.25, -0.2) is 12.8 Å². The number of sulfonamides is 1. The summed E-state index contributed by atoms with van der Waals surface area (Å²) in [5, 5.41) is 0.0778. The number of amides is 1. The van der Waals surface area contributed by atoms with Crippen LogP contribution in [0.15, 0.2) is 47.4 Å². The SMILES string of the molecule is NC(=O)CN(c1cccc(Cl)c1Cl)S(=O)(=O)c1ccc(F)cc1. The molecule has 2 rings (SSSR count). The lowest BCUT2D eigenvalue weighted by atomic mass is 10.3. The average Bonchev–Trinajstić information content (AvgIpc) is 2.48. The van der Waals surface area contributed by atoms with E-state index in [-0.39, 0.29) is 20.6 Å². The van der Waals surface area contributed by atoms with Crippen molar-refractivity contribution < 1.29 is 17.6 Å². The predicted molar refractivity (Wildman–Crippen MR) is 86.6 cm³/mol. The van der Waals surface area contributed by atoms with Gasteiger partial charge in [0.2, 0.25) is 5.91 Å². The minimum Gasteiger partial charge on any atom is -0.368 e. The van der Waals surface area contributed by atoms with Crippen LogP contribution in [0.3, 0.4) is 0 Å². The minimum absolute atomic E-state index is 0.00212. The molecule has 5 nitrogen and oxygen atoms in total. The third-order valence-electron chi connectivity index (χ3n) is 2.90. The molecule has 0 aliphatic heterocycles. The Morgan fingerprint density at radius 2 is 1.74 bits per heavy atom. The van der Waals surface area contributed by atoms with Gasteiger partial charge in [-0.05, 0) is 36.4 Å². The van der Waals surface area contributed by atoms with Crippen LogP contribution in [0.5, 0.6) is 0 Å². The highest BCUT2D eigenvalue weighted by atomic mass is 35.5. The Hall–Kier alpha value is -1.83. The highest BCUT2D eigenvalue weighted by Gasteiger charge is 2.28. The number of carbonyl (C=O) groups is 1. The van der Waals surface area contributed by atoms with Crippen LogP contribution < -0.4 is 10.0 Å². The van der Waals surface area contributed by atoms with Crippen LogP contribution in [0.1, 0.15) is 0 Å². The maximum absolute atomic E-state index is 13.0. The highest BCUT2D eigenvalue weighted by molar-refractivity contribution is 7.92. The van der Waals surface area contributed by atoms with E-state index in [1.54, 1.807) is 0 Å². The molecule has 0 heterocycles. The summed E-state index contributed by atoms with van der Waals surface area (Å²) >= 11 is 11.9. The summed E-state index contributed by atoms with van der Waals surface area (Å²) in [5.74, 6) is -1.47. The molecule has 2 aromatic rings. The highest BCUT2D eigenvalue weighted by Crippen LogP contribution is 2.35. The van der Waals surface area contributed by atoms with Crippen molar-refractivity contribution in [1.82, 2.24) is 0 Å². The van der Waals surface area contributed by atoms with Gasteiger partial charge < -0.3 is 5.73 Å². The van der Waals surface area contributed by atoms with Crippen molar-refractivity contribution in [3.05, 3.63) is 58.3 Å². The Kier molecular flexibility index (Phi) is 5.13. The Bertz CT molecular complexity index is 842. The molecule has 9 heteroatoms. The Morgan fingerprint density at radius 1 is 1.13 bits per heavy atom. The first-order valence-electron chi connectivity index (χ1n) is 6.24. The van der Waals surface area contributed by atoms with Gasteiger partial charge in [-0.15, -0.1) is 0 Å². The molecule has 0 aliphatic rings. The van der Waals surface area contributed by atoms with Crippen LogP contribution in [0.2, 0.25) is 10.0 Å². The Balaban J connectivity index is 2.60. The zero-order valence-electron chi connectivity index (χ0n) is 11.5. The zero-order chi connectivity index (χ0) is 17.2. The first-order chi connectivity index (χ1) is 10.7. The van der Waals surface area contributed by atoms with Gasteiger partial charge in [-0.1, -0.05) is 29.3 Å². The van der Waals surface area contributed by atoms with Crippen molar-refractivity contribution in [2.24, 2.45) is 5.73 Å². The van der Waals surface area contributed by atoms with E-state index < -0.39 is 28.3 Å². The maximum Gasteiger partial charge on any atom is 0.264 e. The number of hydrogen-bond donors (Lipinski definition) is 1. The lowest BCUT2D eigenvalue weighted by molar-refractivity contribution is -0.116. The Labute approximate surface area is 142 Å². The second-order valence-corrected chi connectivity index (χ2v) is 7.15. The number of benzene rings is 2. The van der Waals surface area contributed by atoms with Crippen molar-refractivity contribution >= 4 is 44.8 Å². The largest absolute Gasteiger partial charge is 0.368 e. The summed E-state index contributed by atoms with van der Waals surface area (Å²) in [6.45, 7) is -0.639. The number of rotatable bonds is 5. The molecule has 122 valence electrons. The smallest absolute Gasteiger partial charge is 0.264 e. The molecule has 0 saturated carbocycles. The quantitative estimate of drug-likeness (QED) is 0.870. The van der Waals surface area contributed by atoms with Gasteiger partial charge in [0.15, 0.2) is 0 Å². The number of halogens is 3. The molecule has 0 spiro atoms. The van der Waals surface area contributed by atoms with E-state index in [1.807, 2.05) is 0 Å². The maximum atomic E-state index is 13.0. The van der Waals surface area contributed by atoms with Gasteiger partial charge >= 0.3 is 0 Å². The third-order valence-corrected chi connectivity index (χ3v) is 5.48. The summed E-state index contributed by atoms with van der Waals surface area (Å²) in [6, 6.07) is 8.49. The van der Waals surface area contributed by atoms with Crippen molar-refractivity contribution in [2.75, 3.05) is 10.8 Å². The van der Waals surface area contributed by atoms with Gasteiger partial charge in [0.1, 0.15) is 12.4 Å². The number of hydrogen-bond acceptors (Lipinski definition) is 3. The molecule has 0 fully saturated rings. The first kappa shape index (κ1) is 17.5. The van der Waals surface area contributed by atoms with Crippen LogP contribution in [0.25, 0.3) is 0 Å². The molecule has 0 unspecified atom stereocenters. The van der Waals surface area contributed by atoms with Crippen molar-refractivity contribution in [3.8, 4) is 0 Å². The van der Waals surface area contributed by atoms with E-state index in [2.05, 4.69) is 0 Å². The van der Waals surface area contributed by atoms with Crippen molar-refractivity contribution in [1.29, 1.82) is 0 Å². The third kappa shape index (κ3) is 3.74. The van der Waals surface area contributed by atoms with Gasteiger partial charge in [0, 0.05) is 0 Å². The summed E-state index contributed by atoms with van der Waals surface area (Å²) in [6.07, 6.45) is 0. The van der Waals surface area contributed by atoms with Gasteiger partial charge in [0.05, 0.1) is 20.6 Å². The number of nitrogens with two attached hydrogens (primary N) is 1. The van der Waals surface area contributed by atoms with Gasteiger partial charge in [0.25, 0.3) is 10.0 Å². The molecule has 23 heavy (non-hydrogen) atoms. The van der Waals surface area contributed by atoms with Crippen LogP contribution >= 0.6 is 23.2 Å². The first-order valence-corrected chi connectivity index (χ1v) is 8.43. The molecule has 0 aromatic heterocycles. The fourth-order valence-corrected chi connectivity index (χ4v) is 3.75. The monoisotopic (exact) mass is 376 g/mol. The lowest BCUT2D eigenvalue weighted by Crippen LogP contribution is -2.38. The summed E-state index contributed by atoms with van der Waals surface area (Å²) in [5.41, 5.74) is 5.14. The van der Waals surface area contributed by atoms with Crippen LogP contribution in [-0.4, -0.2) is 20.9 Å². The average molecular weight is 377 g/mol. The van der Waals surface area contributed by atoms with E-state index in [4.69, 9.17) is 28.9 Å². The lowest BCUT2D eigenvalue weighted by Gasteiger charge is -2.24. The molecule has 0 aliphatic carbocycles. The zero-order valence-corrected chi connectivity index (χ0v) is 13.9. The second kappa shape index (κ2) is 6.74. The summed E-state index contributed by atoms with van der Waals surface area (Å²) < 4.78 is 39.2. The molecule has 0 saturated heterocycles. The molecule has 0 atom stereocenters. The van der Waals surface area contributed by atoms with Gasteiger partial charge in [-0.3, -0.25) is 9.10 Å². The van der Waals surface area contributed by atoms with E-state index in [9.17, 15) is 17.6 Å². The van der Waals surface area contributed by atoms with Crippen molar-refractivity contribution in [3.63, 3.8) is 0 Å². The molecular formula is C14H11Cl2FN2O3S. The van der Waals surface area contributed by atoms with Crippen LogP contribution in [0.4, 0.5) is 10.1 Å². The molecule has 2 aromatic carbocycles. The van der Waals surface area contributed by atoms with Crippen LogP contribution in [-0.2, 0) is 14.8 Å². The predicted octanol–water partition coefficient (Wildman–Crippen LogP) is 2.81. The summed E-state index contributed by atoms with van der Waals surface area (Å²) in [4.78, 5) is 11.1.